The van der Waals surface area contributed by atoms with Crippen LogP contribution in [0.15, 0.2) is 16.7 Å². The van der Waals surface area contributed by atoms with E-state index in [2.05, 4.69) is 12.2 Å². The molecule has 2 N–H and O–H groups in total. The highest BCUT2D eigenvalue weighted by Crippen LogP contribution is 2.25. The minimum Gasteiger partial charge on any atom is -0.475 e. The van der Waals surface area contributed by atoms with E-state index in [9.17, 15) is 4.79 Å². The van der Waals surface area contributed by atoms with Crippen LogP contribution in [0.4, 0.5) is 0 Å². The fourth-order valence-electron chi connectivity index (χ4n) is 2.91. The Bertz CT molecular complexity index is 405. The van der Waals surface area contributed by atoms with Crippen LogP contribution in [0.25, 0.3) is 0 Å². The Labute approximate surface area is 114 Å². The predicted molar refractivity (Wildman–Crippen MR) is 73.2 cm³/mol. The van der Waals surface area contributed by atoms with Gasteiger partial charge in [0.15, 0.2) is 0 Å². The van der Waals surface area contributed by atoms with E-state index in [0.717, 1.165) is 5.56 Å². The monoisotopic (exact) mass is 265 g/mol. The Balaban J connectivity index is 1.86. The van der Waals surface area contributed by atoms with Crippen molar-refractivity contribution >= 4 is 5.97 Å². The number of nitrogens with one attached hydrogen (secondary N) is 1. The van der Waals surface area contributed by atoms with Gasteiger partial charge < -0.3 is 14.8 Å². The van der Waals surface area contributed by atoms with Crippen molar-refractivity contribution in [3.63, 3.8) is 0 Å². The van der Waals surface area contributed by atoms with Gasteiger partial charge in [0.1, 0.15) is 0 Å². The van der Waals surface area contributed by atoms with Crippen LogP contribution in [0.5, 0.6) is 0 Å². The largest absolute Gasteiger partial charge is 0.475 e. The molecule has 0 spiro atoms. The van der Waals surface area contributed by atoms with E-state index in [1.807, 2.05) is 0 Å². The first-order chi connectivity index (χ1) is 9.18. The first-order valence-corrected chi connectivity index (χ1v) is 7.21. The van der Waals surface area contributed by atoms with E-state index in [1.54, 1.807) is 6.07 Å². The van der Waals surface area contributed by atoms with Gasteiger partial charge in [0.25, 0.3) is 0 Å². The van der Waals surface area contributed by atoms with Crippen LogP contribution in [0, 0.1) is 5.92 Å². The predicted octanol–water partition coefficient (Wildman–Crippen LogP) is 3.43. The van der Waals surface area contributed by atoms with E-state index in [-0.39, 0.29) is 5.76 Å². The summed E-state index contributed by atoms with van der Waals surface area (Å²) < 4.78 is 4.98. The Morgan fingerprint density at radius 1 is 1.42 bits per heavy atom. The second-order valence-corrected chi connectivity index (χ2v) is 5.50. The third-order valence-corrected chi connectivity index (χ3v) is 4.16. The summed E-state index contributed by atoms with van der Waals surface area (Å²) in [7, 11) is 0. The van der Waals surface area contributed by atoms with Crippen LogP contribution in [-0.4, -0.2) is 17.1 Å². The molecule has 1 atom stereocenters. The number of aromatic carboxylic acids is 1. The van der Waals surface area contributed by atoms with E-state index in [1.165, 1.54) is 44.8 Å². The molecule has 1 aromatic heterocycles. The number of hydrogen-bond donors (Lipinski definition) is 2. The average Bonchev–Trinajstić information content (AvgIpc) is 2.69. The fourth-order valence-corrected chi connectivity index (χ4v) is 2.91. The summed E-state index contributed by atoms with van der Waals surface area (Å²) in [5.74, 6) is -0.229. The summed E-state index contributed by atoms with van der Waals surface area (Å²) in [5, 5.41) is 12.4. The van der Waals surface area contributed by atoms with Gasteiger partial charge in [-0.25, -0.2) is 4.79 Å². The minimum atomic E-state index is -0.996. The van der Waals surface area contributed by atoms with Gasteiger partial charge in [-0.1, -0.05) is 25.7 Å². The van der Waals surface area contributed by atoms with Crippen molar-refractivity contribution in [2.75, 3.05) is 0 Å². The number of rotatable bonds is 5. The molecule has 19 heavy (non-hydrogen) atoms. The van der Waals surface area contributed by atoms with Crippen molar-refractivity contribution in [2.24, 2.45) is 5.92 Å². The molecule has 0 aliphatic heterocycles. The summed E-state index contributed by atoms with van der Waals surface area (Å²) in [5.41, 5.74) is 0.730. The lowest BCUT2D eigenvalue weighted by atomic mass is 9.93. The van der Waals surface area contributed by atoms with E-state index >= 15 is 0 Å². The zero-order valence-electron chi connectivity index (χ0n) is 11.5. The van der Waals surface area contributed by atoms with Gasteiger partial charge in [-0.3, -0.25) is 0 Å². The summed E-state index contributed by atoms with van der Waals surface area (Å²) >= 11 is 0. The number of hydrogen-bond acceptors (Lipinski definition) is 3. The Hall–Kier alpha value is -1.29. The fraction of sp³-hybridized carbons (Fsp3) is 0.667. The third kappa shape index (κ3) is 3.83. The van der Waals surface area contributed by atoms with Gasteiger partial charge in [-0.15, -0.1) is 0 Å². The molecule has 1 aliphatic rings. The zero-order valence-corrected chi connectivity index (χ0v) is 11.5. The number of carbonyl (C=O) groups is 1. The molecule has 0 bridgehead atoms. The lowest BCUT2D eigenvalue weighted by molar-refractivity contribution is 0.0660. The molecule has 106 valence electrons. The normalized spacial score (nSPS) is 19.0. The highest BCUT2D eigenvalue weighted by atomic mass is 16.4. The van der Waals surface area contributed by atoms with Crippen LogP contribution >= 0.6 is 0 Å². The molecule has 4 heteroatoms. The summed E-state index contributed by atoms with van der Waals surface area (Å²) in [6.45, 7) is 2.77. The van der Waals surface area contributed by atoms with E-state index in [0.29, 0.717) is 18.5 Å². The summed E-state index contributed by atoms with van der Waals surface area (Å²) in [6, 6.07) is 2.16. The topological polar surface area (TPSA) is 62.5 Å². The van der Waals surface area contributed by atoms with Crippen molar-refractivity contribution < 1.29 is 14.3 Å². The number of carboxylic acids is 1. The highest BCUT2D eigenvalue weighted by molar-refractivity contribution is 5.86. The van der Waals surface area contributed by atoms with Gasteiger partial charge in [0.2, 0.25) is 5.76 Å². The quantitative estimate of drug-likeness (QED) is 0.801. The van der Waals surface area contributed by atoms with Crippen LogP contribution in [0.2, 0.25) is 0 Å². The van der Waals surface area contributed by atoms with Crippen molar-refractivity contribution in [2.45, 2.75) is 58.0 Å². The molecular formula is C15H23NO3. The molecule has 1 fully saturated rings. The molecule has 0 aromatic carbocycles. The second-order valence-electron chi connectivity index (χ2n) is 5.50. The average molecular weight is 265 g/mol. The van der Waals surface area contributed by atoms with Crippen molar-refractivity contribution in [1.29, 1.82) is 0 Å². The minimum absolute atomic E-state index is 0.0561. The SMILES string of the molecule is C[C@H](NCc1ccoc1C(=O)O)C1CCCCCC1. The van der Waals surface area contributed by atoms with Crippen molar-refractivity contribution in [3.05, 3.63) is 23.7 Å². The Morgan fingerprint density at radius 3 is 2.74 bits per heavy atom. The van der Waals surface area contributed by atoms with Crippen molar-refractivity contribution in [1.82, 2.24) is 5.32 Å². The molecule has 0 saturated heterocycles. The molecule has 1 aliphatic carbocycles. The number of carboxylic acid groups (broad SMARTS) is 1. The third-order valence-electron chi connectivity index (χ3n) is 4.16. The van der Waals surface area contributed by atoms with Gasteiger partial charge in [-0.2, -0.15) is 0 Å². The van der Waals surface area contributed by atoms with Crippen molar-refractivity contribution in [3.8, 4) is 0 Å². The molecule has 4 nitrogen and oxygen atoms in total. The second kappa shape index (κ2) is 6.75. The molecule has 0 amide bonds. The number of furan rings is 1. The van der Waals surface area contributed by atoms with Crippen LogP contribution in [0.1, 0.15) is 61.6 Å². The summed E-state index contributed by atoms with van der Waals surface area (Å²) in [6.07, 6.45) is 9.36. The Morgan fingerprint density at radius 2 is 2.11 bits per heavy atom. The lowest BCUT2D eigenvalue weighted by Crippen LogP contribution is -2.33. The maximum atomic E-state index is 11.0. The van der Waals surface area contributed by atoms with Gasteiger partial charge in [-0.05, 0) is 31.7 Å². The first kappa shape index (κ1) is 14.1. The standard InChI is InChI=1S/C15H23NO3/c1-11(12-6-4-2-3-5-7-12)16-10-13-8-9-19-14(13)15(17)18/h8-9,11-12,16H,2-7,10H2,1H3,(H,17,18)/t11-/m0/s1. The maximum Gasteiger partial charge on any atom is 0.372 e. The van der Waals surface area contributed by atoms with Gasteiger partial charge in [0, 0.05) is 18.2 Å². The van der Waals surface area contributed by atoms with E-state index in [4.69, 9.17) is 9.52 Å². The van der Waals surface area contributed by atoms with Gasteiger partial charge >= 0.3 is 5.97 Å². The maximum absolute atomic E-state index is 11.0. The smallest absolute Gasteiger partial charge is 0.372 e. The summed E-state index contributed by atoms with van der Waals surface area (Å²) in [4.78, 5) is 11.0. The zero-order chi connectivity index (χ0) is 13.7. The van der Waals surface area contributed by atoms with Gasteiger partial charge in [0.05, 0.1) is 6.26 Å². The molecule has 0 unspecified atom stereocenters. The highest BCUT2D eigenvalue weighted by Gasteiger charge is 2.20. The van der Waals surface area contributed by atoms with Crippen LogP contribution < -0.4 is 5.32 Å². The molecule has 1 heterocycles. The van der Waals surface area contributed by atoms with Crippen LogP contribution in [-0.2, 0) is 6.54 Å². The first-order valence-electron chi connectivity index (χ1n) is 7.21. The molecule has 2 rings (SSSR count). The van der Waals surface area contributed by atoms with E-state index < -0.39 is 5.97 Å². The van der Waals surface area contributed by atoms with Crippen LogP contribution in [0.3, 0.4) is 0 Å². The molecule has 1 saturated carbocycles. The molecule has 0 radical (unpaired) electrons. The Kier molecular flexibility index (Phi) is 5.02. The molecule has 1 aromatic rings. The molecular weight excluding hydrogens is 242 g/mol. The lowest BCUT2D eigenvalue weighted by Gasteiger charge is -2.23.